The van der Waals surface area contributed by atoms with E-state index in [1.807, 2.05) is 0 Å². The first-order chi connectivity index (χ1) is 6.65. The van der Waals surface area contributed by atoms with Crippen LogP contribution in [0.15, 0.2) is 24.3 Å². The Morgan fingerprint density at radius 2 is 2.21 bits per heavy atom. The summed E-state index contributed by atoms with van der Waals surface area (Å²) in [4.78, 5) is 10.6. The van der Waals surface area contributed by atoms with Gasteiger partial charge in [0.2, 0.25) is 0 Å². The number of benzene rings is 1. The second-order valence-electron chi connectivity index (χ2n) is 2.79. The van der Waals surface area contributed by atoms with Gasteiger partial charge in [-0.2, -0.15) is 0 Å². The molecule has 1 aromatic carbocycles. The maximum Gasteiger partial charge on any atom is 0.337 e. The molecule has 0 aliphatic rings. The van der Waals surface area contributed by atoms with E-state index in [9.17, 15) is 4.79 Å². The molecular formula is C10H12N2O2. The third-order valence-electron chi connectivity index (χ3n) is 1.75. The highest BCUT2D eigenvalue weighted by molar-refractivity contribution is 5.94. The Morgan fingerprint density at radius 1 is 1.50 bits per heavy atom. The molecule has 0 radical (unpaired) electrons. The molecule has 0 heterocycles. The zero-order valence-corrected chi connectivity index (χ0v) is 7.60. The summed E-state index contributed by atoms with van der Waals surface area (Å²) in [5.74, 6) is -1.02. The van der Waals surface area contributed by atoms with E-state index in [0.717, 1.165) is 5.56 Å². The average molecular weight is 192 g/mol. The first-order valence-electron chi connectivity index (χ1n) is 4.14. The lowest BCUT2D eigenvalue weighted by Crippen LogP contribution is -2.02. The summed E-state index contributed by atoms with van der Waals surface area (Å²) in [6, 6.07) is 4.77. The Hall–Kier alpha value is -1.81. The molecule has 4 heteroatoms. The van der Waals surface area contributed by atoms with Crippen molar-refractivity contribution in [1.29, 1.82) is 0 Å². The van der Waals surface area contributed by atoms with Crippen LogP contribution < -0.4 is 11.5 Å². The molecule has 0 amide bonds. The lowest BCUT2D eigenvalue weighted by atomic mass is 10.1. The molecule has 0 aromatic heterocycles. The topological polar surface area (TPSA) is 89.3 Å². The second kappa shape index (κ2) is 4.43. The van der Waals surface area contributed by atoms with Crippen LogP contribution in [0.1, 0.15) is 15.9 Å². The van der Waals surface area contributed by atoms with Crippen molar-refractivity contribution in [2.75, 3.05) is 12.3 Å². The van der Waals surface area contributed by atoms with Crippen molar-refractivity contribution in [3.05, 3.63) is 35.4 Å². The molecule has 5 N–H and O–H groups in total. The SMILES string of the molecule is NCC=Cc1ccc(C(=O)O)c(N)c1. The molecule has 14 heavy (non-hydrogen) atoms. The highest BCUT2D eigenvalue weighted by Gasteiger charge is 2.06. The molecule has 0 aliphatic heterocycles. The van der Waals surface area contributed by atoms with E-state index in [4.69, 9.17) is 16.6 Å². The van der Waals surface area contributed by atoms with Gasteiger partial charge in [0.1, 0.15) is 0 Å². The fraction of sp³-hybridized carbons (Fsp3) is 0.100. The molecule has 0 spiro atoms. The number of carboxylic acids is 1. The van der Waals surface area contributed by atoms with Crippen molar-refractivity contribution in [3.63, 3.8) is 0 Å². The fourth-order valence-corrected chi connectivity index (χ4v) is 1.08. The Bertz CT molecular complexity index is 372. The number of nitrogen functional groups attached to an aromatic ring is 1. The van der Waals surface area contributed by atoms with Crippen LogP contribution in [-0.2, 0) is 0 Å². The molecular weight excluding hydrogens is 180 g/mol. The van der Waals surface area contributed by atoms with E-state index >= 15 is 0 Å². The third-order valence-corrected chi connectivity index (χ3v) is 1.75. The van der Waals surface area contributed by atoms with Gasteiger partial charge in [0, 0.05) is 12.2 Å². The van der Waals surface area contributed by atoms with Crippen molar-refractivity contribution in [1.82, 2.24) is 0 Å². The van der Waals surface area contributed by atoms with Crippen LogP contribution in [-0.4, -0.2) is 17.6 Å². The minimum Gasteiger partial charge on any atom is -0.478 e. The van der Waals surface area contributed by atoms with Gasteiger partial charge in [-0.3, -0.25) is 0 Å². The van der Waals surface area contributed by atoms with E-state index in [-0.39, 0.29) is 11.3 Å². The van der Waals surface area contributed by atoms with E-state index in [1.165, 1.54) is 6.07 Å². The Morgan fingerprint density at radius 3 is 2.71 bits per heavy atom. The molecule has 0 saturated carbocycles. The smallest absolute Gasteiger partial charge is 0.337 e. The highest BCUT2D eigenvalue weighted by Crippen LogP contribution is 2.15. The zero-order chi connectivity index (χ0) is 10.6. The van der Waals surface area contributed by atoms with E-state index < -0.39 is 5.97 Å². The number of rotatable bonds is 3. The summed E-state index contributed by atoms with van der Waals surface area (Å²) in [7, 11) is 0. The third kappa shape index (κ3) is 2.34. The molecule has 0 aliphatic carbocycles. The lowest BCUT2D eigenvalue weighted by molar-refractivity contribution is 0.0698. The number of hydrogen-bond acceptors (Lipinski definition) is 3. The molecule has 0 bridgehead atoms. The maximum absolute atomic E-state index is 10.6. The van der Waals surface area contributed by atoms with Gasteiger partial charge in [-0.05, 0) is 17.7 Å². The Kier molecular flexibility index (Phi) is 3.25. The molecule has 4 nitrogen and oxygen atoms in total. The molecule has 0 atom stereocenters. The Balaban J connectivity index is 3.00. The number of nitrogens with two attached hydrogens (primary N) is 2. The maximum atomic E-state index is 10.6. The summed E-state index contributed by atoms with van der Waals surface area (Å²) in [6.07, 6.45) is 3.57. The van der Waals surface area contributed by atoms with Gasteiger partial charge in [0.25, 0.3) is 0 Å². The van der Waals surface area contributed by atoms with E-state index in [1.54, 1.807) is 24.3 Å². The molecule has 0 unspecified atom stereocenters. The monoisotopic (exact) mass is 192 g/mol. The minimum atomic E-state index is -1.02. The lowest BCUT2D eigenvalue weighted by Gasteiger charge is -2.01. The predicted molar refractivity (Wildman–Crippen MR) is 55.9 cm³/mol. The molecule has 0 saturated heterocycles. The number of aromatic carboxylic acids is 1. The predicted octanol–water partition coefficient (Wildman–Crippen LogP) is 0.939. The van der Waals surface area contributed by atoms with Crippen molar-refractivity contribution in [2.45, 2.75) is 0 Å². The molecule has 74 valence electrons. The van der Waals surface area contributed by atoms with Crippen molar-refractivity contribution in [2.24, 2.45) is 5.73 Å². The standard InChI is InChI=1S/C10H12N2O2/c11-5-1-2-7-3-4-8(10(13)14)9(12)6-7/h1-4,6H,5,11-12H2,(H,13,14). The number of carbonyl (C=O) groups is 1. The van der Waals surface area contributed by atoms with Crippen LogP contribution in [0.3, 0.4) is 0 Å². The summed E-state index contributed by atoms with van der Waals surface area (Å²) in [6.45, 7) is 0.445. The first-order valence-corrected chi connectivity index (χ1v) is 4.14. The molecule has 0 fully saturated rings. The van der Waals surface area contributed by atoms with Crippen molar-refractivity contribution >= 4 is 17.7 Å². The zero-order valence-electron chi connectivity index (χ0n) is 7.60. The van der Waals surface area contributed by atoms with Gasteiger partial charge in [-0.15, -0.1) is 0 Å². The number of hydrogen-bond donors (Lipinski definition) is 3. The van der Waals surface area contributed by atoms with Gasteiger partial charge in [-0.1, -0.05) is 18.2 Å². The van der Waals surface area contributed by atoms with Gasteiger partial charge >= 0.3 is 5.97 Å². The number of carboxylic acid groups (broad SMARTS) is 1. The van der Waals surface area contributed by atoms with Crippen LogP contribution >= 0.6 is 0 Å². The van der Waals surface area contributed by atoms with Crippen LogP contribution in [0.2, 0.25) is 0 Å². The van der Waals surface area contributed by atoms with Gasteiger partial charge < -0.3 is 16.6 Å². The van der Waals surface area contributed by atoms with E-state index in [0.29, 0.717) is 6.54 Å². The van der Waals surface area contributed by atoms with Gasteiger partial charge in [-0.25, -0.2) is 4.79 Å². The summed E-state index contributed by atoms with van der Waals surface area (Å²) >= 11 is 0. The molecule has 1 rings (SSSR count). The van der Waals surface area contributed by atoms with E-state index in [2.05, 4.69) is 0 Å². The van der Waals surface area contributed by atoms with Crippen molar-refractivity contribution in [3.8, 4) is 0 Å². The normalized spacial score (nSPS) is 10.6. The quantitative estimate of drug-likeness (QED) is 0.622. The van der Waals surface area contributed by atoms with Crippen LogP contribution in [0.5, 0.6) is 0 Å². The van der Waals surface area contributed by atoms with Crippen LogP contribution in [0.25, 0.3) is 6.08 Å². The highest BCUT2D eigenvalue weighted by atomic mass is 16.4. The summed E-state index contributed by atoms with van der Waals surface area (Å²) in [5, 5.41) is 8.71. The van der Waals surface area contributed by atoms with Gasteiger partial charge in [0.05, 0.1) is 5.56 Å². The second-order valence-corrected chi connectivity index (χ2v) is 2.79. The minimum absolute atomic E-state index is 0.120. The van der Waals surface area contributed by atoms with Crippen LogP contribution in [0.4, 0.5) is 5.69 Å². The van der Waals surface area contributed by atoms with Crippen LogP contribution in [0, 0.1) is 0 Å². The fourth-order valence-electron chi connectivity index (χ4n) is 1.08. The van der Waals surface area contributed by atoms with Crippen molar-refractivity contribution < 1.29 is 9.90 Å². The first kappa shape index (κ1) is 10.3. The summed E-state index contributed by atoms with van der Waals surface area (Å²) in [5.41, 5.74) is 12.1. The summed E-state index contributed by atoms with van der Waals surface area (Å²) < 4.78 is 0. The number of anilines is 1. The largest absolute Gasteiger partial charge is 0.478 e. The average Bonchev–Trinajstić information content (AvgIpc) is 2.14. The van der Waals surface area contributed by atoms with Gasteiger partial charge in [0.15, 0.2) is 0 Å². The Labute approximate surface area is 81.8 Å². The molecule has 1 aromatic rings.